The summed E-state index contributed by atoms with van der Waals surface area (Å²) in [5.74, 6) is 1.26. The monoisotopic (exact) mass is 232 g/mol. The van der Waals surface area contributed by atoms with Gasteiger partial charge in [0.25, 0.3) is 0 Å². The summed E-state index contributed by atoms with van der Waals surface area (Å²) in [4.78, 5) is 10.5. The van der Waals surface area contributed by atoms with Gasteiger partial charge in [0.1, 0.15) is 12.1 Å². The van der Waals surface area contributed by atoms with Gasteiger partial charge in [-0.25, -0.2) is 9.97 Å². The molecule has 90 valence electrons. The maximum atomic E-state index is 8.56. The van der Waals surface area contributed by atoms with Crippen molar-refractivity contribution in [2.75, 3.05) is 31.7 Å². The maximum Gasteiger partial charge on any atom is 0.131 e. The number of nitriles is 1. The Morgan fingerprint density at radius 1 is 1.59 bits per heavy atom. The highest BCUT2D eigenvalue weighted by Gasteiger charge is 2.19. The van der Waals surface area contributed by atoms with Crippen molar-refractivity contribution in [3.63, 3.8) is 0 Å². The minimum atomic E-state index is 0.390. The summed E-state index contributed by atoms with van der Waals surface area (Å²) in [6, 6.07) is 4.13. The molecule has 1 aromatic rings. The Bertz CT molecular complexity index is 409. The molecule has 0 amide bonds. The second kappa shape index (κ2) is 5.60. The molecule has 1 aliphatic rings. The van der Waals surface area contributed by atoms with Crippen LogP contribution in [-0.2, 0) is 4.74 Å². The Morgan fingerprint density at radius 3 is 3.18 bits per heavy atom. The van der Waals surface area contributed by atoms with E-state index >= 15 is 0 Å². The maximum absolute atomic E-state index is 8.56. The number of ether oxygens (including phenoxy) is 1. The minimum absolute atomic E-state index is 0.390. The Hall–Kier alpha value is -1.67. The first-order chi connectivity index (χ1) is 8.31. The lowest BCUT2D eigenvalue weighted by Gasteiger charge is -2.17. The number of hydrogen-bond acceptors (Lipinski definition) is 5. The lowest BCUT2D eigenvalue weighted by molar-refractivity contribution is 0.193. The standard InChI is InChI=1S/C12H16N4O/c1-16(5-2-4-13)12-7-11(14-9-15-12)10-3-6-17-8-10/h7,9-10H,2-3,5-6,8H2,1H3. The first-order valence-corrected chi connectivity index (χ1v) is 5.79. The summed E-state index contributed by atoms with van der Waals surface area (Å²) in [6.45, 7) is 2.25. The van der Waals surface area contributed by atoms with Crippen molar-refractivity contribution in [2.24, 2.45) is 0 Å². The largest absolute Gasteiger partial charge is 0.381 e. The average Bonchev–Trinajstić information content (AvgIpc) is 2.90. The summed E-state index contributed by atoms with van der Waals surface area (Å²) in [5, 5.41) is 8.56. The number of hydrogen-bond donors (Lipinski definition) is 0. The average molecular weight is 232 g/mol. The first kappa shape index (κ1) is 11.8. The van der Waals surface area contributed by atoms with Gasteiger partial charge >= 0.3 is 0 Å². The van der Waals surface area contributed by atoms with Crippen molar-refractivity contribution in [1.29, 1.82) is 5.26 Å². The van der Waals surface area contributed by atoms with Gasteiger partial charge < -0.3 is 9.64 Å². The van der Waals surface area contributed by atoms with Crippen molar-refractivity contribution in [2.45, 2.75) is 18.8 Å². The fourth-order valence-corrected chi connectivity index (χ4v) is 1.89. The summed E-state index contributed by atoms with van der Waals surface area (Å²) in [7, 11) is 1.94. The van der Waals surface area contributed by atoms with Crippen LogP contribution in [0.1, 0.15) is 24.5 Å². The van der Waals surface area contributed by atoms with Crippen LogP contribution in [0.3, 0.4) is 0 Å². The Morgan fingerprint density at radius 2 is 2.47 bits per heavy atom. The molecular weight excluding hydrogens is 216 g/mol. The van der Waals surface area contributed by atoms with Gasteiger partial charge in [0.2, 0.25) is 0 Å². The second-order valence-corrected chi connectivity index (χ2v) is 4.19. The highest BCUT2D eigenvalue weighted by atomic mass is 16.5. The van der Waals surface area contributed by atoms with Gasteiger partial charge in [-0.05, 0) is 6.42 Å². The number of rotatable bonds is 4. The van der Waals surface area contributed by atoms with E-state index in [4.69, 9.17) is 10.00 Å². The van der Waals surface area contributed by atoms with Gasteiger partial charge in [0, 0.05) is 32.2 Å². The van der Waals surface area contributed by atoms with E-state index in [1.54, 1.807) is 6.33 Å². The molecule has 1 aromatic heterocycles. The van der Waals surface area contributed by atoms with Crippen LogP contribution in [0.4, 0.5) is 5.82 Å². The second-order valence-electron chi connectivity index (χ2n) is 4.19. The van der Waals surface area contributed by atoms with Crippen LogP contribution >= 0.6 is 0 Å². The molecule has 1 aliphatic heterocycles. The summed E-state index contributed by atoms with van der Waals surface area (Å²) < 4.78 is 5.36. The Kier molecular flexibility index (Phi) is 3.89. The molecule has 0 aromatic carbocycles. The molecule has 0 bridgehead atoms. The van der Waals surface area contributed by atoms with Crippen LogP contribution in [0.2, 0.25) is 0 Å². The summed E-state index contributed by atoms with van der Waals surface area (Å²) in [5.41, 5.74) is 1.04. The third kappa shape index (κ3) is 2.92. The van der Waals surface area contributed by atoms with E-state index in [2.05, 4.69) is 16.0 Å². The van der Waals surface area contributed by atoms with Crippen molar-refractivity contribution >= 4 is 5.82 Å². The third-order valence-electron chi connectivity index (χ3n) is 2.97. The van der Waals surface area contributed by atoms with Gasteiger partial charge in [-0.3, -0.25) is 0 Å². The van der Waals surface area contributed by atoms with Crippen LogP contribution < -0.4 is 4.90 Å². The van der Waals surface area contributed by atoms with Crippen LogP contribution in [0.25, 0.3) is 0 Å². The lowest BCUT2D eigenvalue weighted by Crippen LogP contribution is -2.20. The van der Waals surface area contributed by atoms with Gasteiger partial charge in [-0.2, -0.15) is 5.26 Å². The lowest BCUT2D eigenvalue weighted by atomic mass is 10.0. The van der Waals surface area contributed by atoms with Crippen LogP contribution in [-0.4, -0.2) is 36.8 Å². The van der Waals surface area contributed by atoms with E-state index < -0.39 is 0 Å². The highest BCUT2D eigenvalue weighted by molar-refractivity contribution is 5.38. The fourth-order valence-electron chi connectivity index (χ4n) is 1.89. The van der Waals surface area contributed by atoms with Crippen molar-refractivity contribution in [3.05, 3.63) is 18.1 Å². The topological polar surface area (TPSA) is 62.0 Å². The molecule has 1 fully saturated rings. The quantitative estimate of drug-likeness (QED) is 0.783. The SMILES string of the molecule is CN(CCC#N)c1cc(C2CCOC2)ncn1. The van der Waals surface area contributed by atoms with E-state index in [0.29, 0.717) is 18.9 Å². The molecule has 0 aliphatic carbocycles. The zero-order chi connectivity index (χ0) is 12.1. The van der Waals surface area contributed by atoms with Crippen LogP contribution in [0.15, 0.2) is 12.4 Å². The molecule has 2 heterocycles. The van der Waals surface area contributed by atoms with E-state index in [0.717, 1.165) is 31.1 Å². The molecular formula is C12H16N4O. The molecule has 2 rings (SSSR count). The number of aromatic nitrogens is 2. The van der Waals surface area contributed by atoms with E-state index in [1.165, 1.54) is 0 Å². The predicted octanol–water partition coefficient (Wildman–Crippen LogP) is 1.33. The van der Waals surface area contributed by atoms with Gasteiger partial charge in [-0.1, -0.05) is 0 Å². The molecule has 5 nitrogen and oxygen atoms in total. The molecule has 0 radical (unpaired) electrons. The molecule has 0 saturated carbocycles. The molecule has 5 heteroatoms. The molecule has 0 N–H and O–H groups in total. The van der Waals surface area contributed by atoms with Gasteiger partial charge in [0.05, 0.1) is 24.8 Å². The molecule has 1 atom stereocenters. The minimum Gasteiger partial charge on any atom is -0.381 e. The smallest absolute Gasteiger partial charge is 0.131 e. The van der Waals surface area contributed by atoms with Crippen LogP contribution in [0, 0.1) is 11.3 Å². The number of nitrogens with zero attached hydrogens (tertiary/aromatic N) is 4. The zero-order valence-electron chi connectivity index (χ0n) is 9.96. The van der Waals surface area contributed by atoms with E-state index in [1.807, 2.05) is 18.0 Å². The number of anilines is 1. The van der Waals surface area contributed by atoms with E-state index in [9.17, 15) is 0 Å². The predicted molar refractivity (Wildman–Crippen MR) is 63.7 cm³/mol. The van der Waals surface area contributed by atoms with Gasteiger partial charge in [0.15, 0.2) is 0 Å². The van der Waals surface area contributed by atoms with Crippen LogP contribution in [0.5, 0.6) is 0 Å². The van der Waals surface area contributed by atoms with Crippen molar-refractivity contribution in [1.82, 2.24) is 9.97 Å². The Balaban J connectivity index is 2.08. The normalized spacial score (nSPS) is 18.9. The van der Waals surface area contributed by atoms with Gasteiger partial charge in [-0.15, -0.1) is 0 Å². The summed E-state index contributed by atoms with van der Waals surface area (Å²) >= 11 is 0. The van der Waals surface area contributed by atoms with E-state index in [-0.39, 0.29) is 0 Å². The zero-order valence-corrected chi connectivity index (χ0v) is 9.96. The molecule has 1 unspecified atom stereocenters. The third-order valence-corrected chi connectivity index (χ3v) is 2.97. The van der Waals surface area contributed by atoms with Crippen molar-refractivity contribution in [3.8, 4) is 6.07 Å². The fraction of sp³-hybridized carbons (Fsp3) is 0.583. The first-order valence-electron chi connectivity index (χ1n) is 5.79. The molecule has 0 spiro atoms. The van der Waals surface area contributed by atoms with Crippen molar-refractivity contribution < 1.29 is 4.74 Å². The highest BCUT2D eigenvalue weighted by Crippen LogP contribution is 2.24. The molecule has 17 heavy (non-hydrogen) atoms. The Labute approximate surface area is 101 Å². The summed E-state index contributed by atoms with van der Waals surface area (Å²) in [6.07, 6.45) is 3.12. The molecule has 1 saturated heterocycles.